The zero-order valence-corrected chi connectivity index (χ0v) is 16.2. The maximum absolute atomic E-state index is 12.3. The summed E-state index contributed by atoms with van der Waals surface area (Å²) in [7, 11) is 0. The van der Waals surface area contributed by atoms with Gasteiger partial charge in [-0.05, 0) is 79.0 Å². The lowest BCUT2D eigenvalue weighted by molar-refractivity contribution is -0.122. The van der Waals surface area contributed by atoms with Crippen molar-refractivity contribution >= 4 is 5.91 Å². The van der Waals surface area contributed by atoms with Gasteiger partial charge in [0.15, 0.2) is 0 Å². The molecule has 1 amide bonds. The monoisotopic (exact) mass is 334 g/mol. The lowest BCUT2D eigenvalue weighted by atomic mass is 9.96. The summed E-state index contributed by atoms with van der Waals surface area (Å²) in [6.45, 7) is 15.9. The summed E-state index contributed by atoms with van der Waals surface area (Å²) in [5.41, 5.74) is 3.43. The Bertz CT molecular complexity index is 556. The highest BCUT2D eigenvalue weighted by Crippen LogP contribution is 2.20. The number of rotatable bonds is 6. The zero-order chi connectivity index (χ0) is 17.9. The maximum Gasteiger partial charge on any atom is 0.222 e. The number of carbonyl (C=O) groups excluding carboxylic acids is 1. The van der Waals surface area contributed by atoms with Crippen molar-refractivity contribution in [3.05, 3.63) is 17.0 Å². The van der Waals surface area contributed by atoms with E-state index in [1.54, 1.807) is 0 Å². The van der Waals surface area contributed by atoms with E-state index in [1.165, 1.54) is 18.4 Å². The van der Waals surface area contributed by atoms with Gasteiger partial charge in [-0.2, -0.15) is 5.10 Å². The smallest absolute Gasteiger partial charge is 0.222 e. The lowest BCUT2D eigenvalue weighted by Crippen LogP contribution is -2.41. The summed E-state index contributed by atoms with van der Waals surface area (Å²) in [4.78, 5) is 14.8. The molecule has 5 nitrogen and oxygen atoms in total. The molecule has 0 bridgehead atoms. The first-order chi connectivity index (χ1) is 11.3. The van der Waals surface area contributed by atoms with Gasteiger partial charge in [0.2, 0.25) is 5.91 Å². The van der Waals surface area contributed by atoms with Crippen LogP contribution in [0, 0.1) is 26.7 Å². The van der Waals surface area contributed by atoms with Crippen molar-refractivity contribution in [3.8, 4) is 0 Å². The zero-order valence-electron chi connectivity index (χ0n) is 16.2. The van der Waals surface area contributed by atoms with E-state index in [2.05, 4.69) is 49.9 Å². The van der Waals surface area contributed by atoms with Crippen molar-refractivity contribution in [3.63, 3.8) is 0 Å². The highest BCUT2D eigenvalue weighted by molar-refractivity contribution is 5.76. The van der Waals surface area contributed by atoms with Crippen molar-refractivity contribution < 1.29 is 4.79 Å². The molecular formula is C19H34N4O. The summed E-state index contributed by atoms with van der Waals surface area (Å²) in [6, 6.07) is 0.728. The minimum Gasteiger partial charge on any atom is -0.356 e. The molecule has 2 heterocycles. The topological polar surface area (TPSA) is 50.2 Å². The fourth-order valence-electron chi connectivity index (χ4n) is 3.53. The lowest BCUT2D eigenvalue weighted by Gasteiger charge is -2.34. The Labute approximate surface area is 146 Å². The first-order valence-corrected chi connectivity index (χ1v) is 9.32. The highest BCUT2D eigenvalue weighted by Gasteiger charge is 2.22. The van der Waals surface area contributed by atoms with Crippen LogP contribution in [0.2, 0.25) is 0 Å². The first kappa shape index (κ1) is 19.0. The number of hydrogen-bond donors (Lipinski definition) is 1. The second kappa shape index (κ2) is 8.15. The third-order valence-electron chi connectivity index (χ3n) is 5.55. The van der Waals surface area contributed by atoms with Crippen molar-refractivity contribution in [2.45, 2.75) is 72.9 Å². The number of aromatic nitrogens is 2. The van der Waals surface area contributed by atoms with E-state index < -0.39 is 0 Å². The van der Waals surface area contributed by atoms with E-state index in [1.807, 2.05) is 11.6 Å². The van der Waals surface area contributed by atoms with Crippen LogP contribution < -0.4 is 5.32 Å². The molecule has 1 saturated heterocycles. The minimum absolute atomic E-state index is 0.0974. The van der Waals surface area contributed by atoms with E-state index in [4.69, 9.17) is 0 Å². The number of nitrogens with zero attached hydrogens (tertiary/aromatic N) is 3. The Kier molecular flexibility index (Phi) is 6.44. The number of carbonyl (C=O) groups is 1. The molecule has 5 heteroatoms. The SMILES string of the molecule is Cc1nn([C@@H](C)CC(=O)NCC2CCN(C(C)C)CC2)c(C)c1C. The molecule has 1 fully saturated rings. The predicted octanol–water partition coefficient (Wildman–Crippen LogP) is 3.00. The highest BCUT2D eigenvalue weighted by atomic mass is 16.1. The molecule has 0 aliphatic carbocycles. The molecule has 0 spiro atoms. The average Bonchev–Trinajstić information content (AvgIpc) is 2.81. The molecule has 24 heavy (non-hydrogen) atoms. The van der Waals surface area contributed by atoms with Gasteiger partial charge in [0.05, 0.1) is 11.7 Å². The molecule has 1 aromatic heterocycles. The number of nitrogens with one attached hydrogen (secondary N) is 1. The van der Waals surface area contributed by atoms with Crippen LogP contribution in [-0.4, -0.2) is 46.3 Å². The normalized spacial score (nSPS) is 18.1. The van der Waals surface area contributed by atoms with Crippen LogP contribution in [0.15, 0.2) is 0 Å². The number of likely N-dealkylation sites (tertiary alicyclic amines) is 1. The Balaban J connectivity index is 1.76. The van der Waals surface area contributed by atoms with Gasteiger partial charge in [0.1, 0.15) is 0 Å². The van der Waals surface area contributed by atoms with Crippen LogP contribution in [0.1, 0.15) is 63.0 Å². The molecule has 1 aliphatic heterocycles. The largest absolute Gasteiger partial charge is 0.356 e. The standard InChI is InChI=1S/C19H34N4O/c1-13(2)22-9-7-18(8-10-22)12-20-19(24)11-14(3)23-17(6)15(4)16(5)21-23/h13-14,18H,7-12H2,1-6H3,(H,20,24)/t14-/m0/s1. The molecule has 0 aromatic carbocycles. The molecular weight excluding hydrogens is 300 g/mol. The van der Waals surface area contributed by atoms with Gasteiger partial charge in [0.25, 0.3) is 0 Å². The summed E-state index contributed by atoms with van der Waals surface area (Å²) >= 11 is 0. The minimum atomic E-state index is 0.0974. The average molecular weight is 335 g/mol. The van der Waals surface area contributed by atoms with Gasteiger partial charge in [-0.3, -0.25) is 9.48 Å². The van der Waals surface area contributed by atoms with Gasteiger partial charge in [-0.25, -0.2) is 0 Å². The van der Waals surface area contributed by atoms with Crippen LogP contribution >= 0.6 is 0 Å². The predicted molar refractivity (Wildman–Crippen MR) is 98.2 cm³/mol. The van der Waals surface area contributed by atoms with Crippen LogP contribution in [0.25, 0.3) is 0 Å². The van der Waals surface area contributed by atoms with Crippen molar-refractivity contribution in [2.75, 3.05) is 19.6 Å². The molecule has 1 N–H and O–H groups in total. The summed E-state index contributed by atoms with van der Waals surface area (Å²) in [5, 5.41) is 7.71. The number of piperidine rings is 1. The quantitative estimate of drug-likeness (QED) is 0.870. The number of aryl methyl sites for hydroxylation is 1. The van der Waals surface area contributed by atoms with E-state index in [-0.39, 0.29) is 11.9 Å². The Morgan fingerprint density at radius 2 is 1.83 bits per heavy atom. The maximum atomic E-state index is 12.3. The molecule has 2 rings (SSSR count). The summed E-state index contributed by atoms with van der Waals surface area (Å²) in [5.74, 6) is 0.758. The van der Waals surface area contributed by atoms with E-state index in [0.29, 0.717) is 18.4 Å². The van der Waals surface area contributed by atoms with E-state index in [0.717, 1.165) is 31.0 Å². The van der Waals surface area contributed by atoms with Crippen molar-refractivity contribution in [1.82, 2.24) is 20.0 Å². The first-order valence-electron chi connectivity index (χ1n) is 9.32. The second-order valence-electron chi connectivity index (χ2n) is 7.67. The second-order valence-corrected chi connectivity index (χ2v) is 7.67. The van der Waals surface area contributed by atoms with Crippen LogP contribution in [0.3, 0.4) is 0 Å². The molecule has 1 aliphatic rings. The number of amides is 1. The fourth-order valence-corrected chi connectivity index (χ4v) is 3.53. The summed E-state index contributed by atoms with van der Waals surface area (Å²) in [6.07, 6.45) is 2.86. The van der Waals surface area contributed by atoms with Crippen molar-refractivity contribution in [2.24, 2.45) is 5.92 Å². The molecule has 0 radical (unpaired) electrons. The Morgan fingerprint density at radius 1 is 1.21 bits per heavy atom. The summed E-state index contributed by atoms with van der Waals surface area (Å²) < 4.78 is 1.99. The third-order valence-corrected chi connectivity index (χ3v) is 5.55. The third kappa shape index (κ3) is 4.59. The Morgan fingerprint density at radius 3 is 2.33 bits per heavy atom. The van der Waals surface area contributed by atoms with Gasteiger partial charge >= 0.3 is 0 Å². The Hall–Kier alpha value is -1.36. The van der Waals surface area contributed by atoms with Crippen LogP contribution in [-0.2, 0) is 4.79 Å². The fraction of sp³-hybridized carbons (Fsp3) is 0.789. The van der Waals surface area contributed by atoms with Gasteiger partial charge in [-0.1, -0.05) is 0 Å². The molecule has 1 aromatic rings. The van der Waals surface area contributed by atoms with E-state index >= 15 is 0 Å². The van der Waals surface area contributed by atoms with E-state index in [9.17, 15) is 4.79 Å². The number of hydrogen-bond acceptors (Lipinski definition) is 3. The molecule has 1 atom stereocenters. The van der Waals surface area contributed by atoms with Crippen LogP contribution in [0.5, 0.6) is 0 Å². The molecule has 136 valence electrons. The van der Waals surface area contributed by atoms with Crippen molar-refractivity contribution in [1.29, 1.82) is 0 Å². The van der Waals surface area contributed by atoms with Gasteiger partial charge < -0.3 is 10.2 Å². The van der Waals surface area contributed by atoms with Gasteiger partial charge in [-0.15, -0.1) is 0 Å². The van der Waals surface area contributed by atoms with Crippen LogP contribution in [0.4, 0.5) is 0 Å². The van der Waals surface area contributed by atoms with Gasteiger partial charge in [0, 0.05) is 24.7 Å². The molecule has 0 saturated carbocycles. The molecule has 0 unspecified atom stereocenters.